The summed E-state index contributed by atoms with van der Waals surface area (Å²) in [6.07, 6.45) is 2.67. The van der Waals surface area contributed by atoms with E-state index in [-0.39, 0.29) is 6.04 Å². The molecule has 0 radical (unpaired) electrons. The summed E-state index contributed by atoms with van der Waals surface area (Å²) in [6, 6.07) is 2.05. The molecule has 1 saturated carbocycles. The highest BCUT2D eigenvalue weighted by Crippen LogP contribution is 2.28. The van der Waals surface area contributed by atoms with Gasteiger partial charge in [0, 0.05) is 13.2 Å². The molecule has 12 heavy (non-hydrogen) atoms. The van der Waals surface area contributed by atoms with Crippen molar-refractivity contribution in [1.82, 2.24) is 5.32 Å². The highest BCUT2D eigenvalue weighted by atomic mass is 16.5. The van der Waals surface area contributed by atoms with Gasteiger partial charge in [-0.05, 0) is 25.7 Å². The topological polar surface area (TPSA) is 45.0 Å². The Balaban J connectivity index is 1.79. The van der Waals surface area contributed by atoms with E-state index >= 15 is 0 Å². The molecular formula is C9H16N2O. The maximum atomic E-state index is 8.44. The van der Waals surface area contributed by atoms with Crippen LogP contribution >= 0.6 is 0 Å². The van der Waals surface area contributed by atoms with Gasteiger partial charge >= 0.3 is 0 Å². The minimum Gasteiger partial charge on any atom is -0.380 e. The van der Waals surface area contributed by atoms with E-state index in [4.69, 9.17) is 10.00 Å². The van der Waals surface area contributed by atoms with Crippen molar-refractivity contribution in [2.75, 3.05) is 19.8 Å². The fourth-order valence-electron chi connectivity index (χ4n) is 0.928. The first-order valence-corrected chi connectivity index (χ1v) is 4.53. The molecule has 1 rings (SSSR count). The molecule has 1 unspecified atom stereocenters. The molecule has 0 aromatic carbocycles. The molecule has 0 spiro atoms. The fourth-order valence-corrected chi connectivity index (χ4v) is 0.928. The van der Waals surface area contributed by atoms with Crippen molar-refractivity contribution < 1.29 is 4.74 Å². The molecule has 1 fully saturated rings. The Hall–Kier alpha value is -0.590. The van der Waals surface area contributed by atoms with E-state index < -0.39 is 0 Å². The summed E-state index contributed by atoms with van der Waals surface area (Å²) >= 11 is 0. The summed E-state index contributed by atoms with van der Waals surface area (Å²) in [5.41, 5.74) is 0. The van der Waals surface area contributed by atoms with Crippen LogP contribution in [-0.2, 0) is 4.74 Å². The van der Waals surface area contributed by atoms with Gasteiger partial charge in [0.1, 0.15) is 0 Å². The zero-order valence-corrected chi connectivity index (χ0v) is 7.55. The molecule has 3 heteroatoms. The second-order valence-electron chi connectivity index (χ2n) is 3.32. The van der Waals surface area contributed by atoms with Crippen LogP contribution in [0.25, 0.3) is 0 Å². The number of nitrogens with zero attached hydrogens (tertiary/aromatic N) is 1. The van der Waals surface area contributed by atoms with Crippen molar-refractivity contribution in [3.05, 3.63) is 0 Å². The molecule has 1 atom stereocenters. The molecule has 1 aliphatic rings. The van der Waals surface area contributed by atoms with Crippen LogP contribution in [0.5, 0.6) is 0 Å². The van der Waals surface area contributed by atoms with Crippen molar-refractivity contribution in [2.24, 2.45) is 5.92 Å². The van der Waals surface area contributed by atoms with E-state index in [1.54, 1.807) is 0 Å². The van der Waals surface area contributed by atoms with Gasteiger partial charge in [-0.2, -0.15) is 5.26 Å². The molecule has 0 aliphatic heterocycles. The van der Waals surface area contributed by atoms with Gasteiger partial charge in [0.05, 0.1) is 18.7 Å². The number of ether oxygens (including phenoxy) is 1. The van der Waals surface area contributed by atoms with Crippen LogP contribution in [-0.4, -0.2) is 25.8 Å². The zero-order chi connectivity index (χ0) is 8.81. The van der Waals surface area contributed by atoms with Gasteiger partial charge in [-0.1, -0.05) is 0 Å². The summed E-state index contributed by atoms with van der Waals surface area (Å²) in [5, 5.41) is 11.5. The number of nitrogens with one attached hydrogen (secondary N) is 1. The molecule has 3 nitrogen and oxygen atoms in total. The van der Waals surface area contributed by atoms with E-state index in [2.05, 4.69) is 11.4 Å². The maximum absolute atomic E-state index is 8.44. The Bertz CT molecular complexity index is 160. The molecule has 68 valence electrons. The lowest BCUT2D eigenvalue weighted by molar-refractivity contribution is 0.125. The summed E-state index contributed by atoms with van der Waals surface area (Å²) < 4.78 is 5.38. The first kappa shape index (κ1) is 9.50. The average molecular weight is 168 g/mol. The molecule has 1 N–H and O–H groups in total. The highest BCUT2D eigenvalue weighted by molar-refractivity contribution is 4.84. The molecule has 1 aliphatic carbocycles. The predicted octanol–water partition coefficient (Wildman–Crippen LogP) is 0.915. The maximum Gasteiger partial charge on any atom is 0.0925 e. The second-order valence-corrected chi connectivity index (χ2v) is 3.32. The summed E-state index contributed by atoms with van der Waals surface area (Å²) in [5.74, 6) is 0.832. The van der Waals surface area contributed by atoms with Crippen LogP contribution in [0.15, 0.2) is 0 Å². The van der Waals surface area contributed by atoms with Crippen LogP contribution in [0.2, 0.25) is 0 Å². The van der Waals surface area contributed by atoms with Crippen LogP contribution < -0.4 is 5.32 Å². The minimum absolute atomic E-state index is 0.0606. The van der Waals surface area contributed by atoms with Crippen molar-refractivity contribution >= 4 is 0 Å². The van der Waals surface area contributed by atoms with Gasteiger partial charge < -0.3 is 4.74 Å². The van der Waals surface area contributed by atoms with Crippen LogP contribution in [0.3, 0.4) is 0 Å². The number of rotatable bonds is 6. The Morgan fingerprint density at radius 3 is 3.00 bits per heavy atom. The third-order valence-electron chi connectivity index (χ3n) is 1.94. The lowest BCUT2D eigenvalue weighted by atomic mass is 10.4. The summed E-state index contributed by atoms with van der Waals surface area (Å²) in [6.45, 7) is 4.26. The number of hydrogen-bond donors (Lipinski definition) is 1. The highest BCUT2D eigenvalue weighted by Gasteiger charge is 2.20. The first-order valence-electron chi connectivity index (χ1n) is 4.53. The lowest BCUT2D eigenvalue weighted by Gasteiger charge is -2.06. The van der Waals surface area contributed by atoms with E-state index in [0.29, 0.717) is 0 Å². The largest absolute Gasteiger partial charge is 0.380 e. The molecule has 0 bridgehead atoms. The monoisotopic (exact) mass is 168 g/mol. The van der Waals surface area contributed by atoms with Crippen molar-refractivity contribution in [3.8, 4) is 6.07 Å². The lowest BCUT2D eigenvalue weighted by Crippen LogP contribution is -2.28. The normalized spacial score (nSPS) is 18.7. The van der Waals surface area contributed by atoms with Crippen molar-refractivity contribution in [3.63, 3.8) is 0 Å². The second kappa shape index (κ2) is 5.13. The standard InChI is InChI=1S/C9H16N2O/c1-8(6-10)11-4-5-12-7-9-2-3-9/h8-9,11H,2-5,7H2,1H3. The Morgan fingerprint density at radius 1 is 1.67 bits per heavy atom. The number of hydrogen-bond acceptors (Lipinski definition) is 3. The number of nitriles is 1. The van der Waals surface area contributed by atoms with Crippen molar-refractivity contribution in [1.29, 1.82) is 5.26 Å². The molecule has 0 saturated heterocycles. The summed E-state index contributed by atoms with van der Waals surface area (Å²) in [7, 11) is 0. The quantitative estimate of drug-likeness (QED) is 0.600. The third kappa shape index (κ3) is 4.32. The molecule has 0 aromatic heterocycles. The van der Waals surface area contributed by atoms with Crippen LogP contribution in [0.1, 0.15) is 19.8 Å². The minimum atomic E-state index is -0.0606. The van der Waals surface area contributed by atoms with E-state index in [1.165, 1.54) is 12.8 Å². The van der Waals surface area contributed by atoms with Crippen LogP contribution in [0, 0.1) is 17.2 Å². The predicted molar refractivity (Wildman–Crippen MR) is 46.6 cm³/mol. The molecule has 0 aromatic rings. The van der Waals surface area contributed by atoms with Gasteiger partial charge in [-0.3, -0.25) is 5.32 Å². The SMILES string of the molecule is CC(C#N)NCCOCC1CC1. The van der Waals surface area contributed by atoms with E-state index in [0.717, 1.165) is 25.7 Å². The van der Waals surface area contributed by atoms with E-state index in [1.807, 2.05) is 6.92 Å². The van der Waals surface area contributed by atoms with Gasteiger partial charge in [0.2, 0.25) is 0 Å². The van der Waals surface area contributed by atoms with Gasteiger partial charge in [-0.15, -0.1) is 0 Å². The van der Waals surface area contributed by atoms with Gasteiger partial charge in [0.15, 0.2) is 0 Å². The van der Waals surface area contributed by atoms with E-state index in [9.17, 15) is 0 Å². The Morgan fingerprint density at radius 2 is 2.42 bits per heavy atom. The molecule has 0 heterocycles. The average Bonchev–Trinajstić information content (AvgIpc) is 2.87. The van der Waals surface area contributed by atoms with Crippen molar-refractivity contribution in [2.45, 2.75) is 25.8 Å². The van der Waals surface area contributed by atoms with Gasteiger partial charge in [0.25, 0.3) is 0 Å². The van der Waals surface area contributed by atoms with Gasteiger partial charge in [-0.25, -0.2) is 0 Å². The Labute approximate surface area is 73.7 Å². The summed E-state index contributed by atoms with van der Waals surface area (Å²) in [4.78, 5) is 0. The first-order chi connectivity index (χ1) is 5.83. The Kier molecular flexibility index (Phi) is 4.06. The third-order valence-corrected chi connectivity index (χ3v) is 1.94. The molecule has 0 amide bonds. The fraction of sp³-hybridized carbons (Fsp3) is 0.889. The van der Waals surface area contributed by atoms with Crippen LogP contribution in [0.4, 0.5) is 0 Å². The zero-order valence-electron chi connectivity index (χ0n) is 7.55. The smallest absolute Gasteiger partial charge is 0.0925 e. The molecular weight excluding hydrogens is 152 g/mol.